The molecule has 2 atom stereocenters. The molecule has 6 nitrogen and oxygen atoms in total. The lowest BCUT2D eigenvalue weighted by atomic mass is 10.1. The van der Waals surface area contributed by atoms with Crippen LogP contribution in [-0.2, 0) is 22.2 Å². The maximum atomic E-state index is 12.6. The van der Waals surface area contributed by atoms with E-state index in [1.165, 1.54) is 0 Å². The van der Waals surface area contributed by atoms with Crippen LogP contribution < -0.4 is 5.32 Å². The average Bonchev–Trinajstić information content (AvgIpc) is 3.27. The number of ether oxygens (including phenoxy) is 2. The molecule has 0 aromatic carbocycles. The van der Waals surface area contributed by atoms with Crippen molar-refractivity contribution in [2.24, 2.45) is 4.99 Å². The van der Waals surface area contributed by atoms with Gasteiger partial charge in [-0.15, -0.1) is 35.3 Å². The van der Waals surface area contributed by atoms with Gasteiger partial charge in [-0.05, 0) is 12.8 Å². The Morgan fingerprint density at radius 1 is 1.38 bits per heavy atom. The Balaban J connectivity index is 0.00000243. The van der Waals surface area contributed by atoms with Crippen molar-refractivity contribution >= 4 is 41.3 Å². The fourth-order valence-electron chi connectivity index (χ4n) is 3.00. The molecule has 0 aliphatic carbocycles. The summed E-state index contributed by atoms with van der Waals surface area (Å²) in [6, 6.07) is 0. The molecule has 0 radical (unpaired) electrons. The van der Waals surface area contributed by atoms with Crippen molar-refractivity contribution in [3.05, 3.63) is 16.1 Å². The molecular weight excluding hydrogens is 484 g/mol. The summed E-state index contributed by atoms with van der Waals surface area (Å²) in [5.74, 6) is 0.634. The van der Waals surface area contributed by atoms with Gasteiger partial charge in [0.2, 0.25) is 0 Å². The number of guanidine groups is 1. The molecule has 1 aromatic heterocycles. The highest BCUT2D eigenvalue weighted by Gasteiger charge is 2.34. The molecule has 0 spiro atoms. The van der Waals surface area contributed by atoms with Gasteiger partial charge >= 0.3 is 6.18 Å². The Hall–Kier alpha value is -0.660. The van der Waals surface area contributed by atoms with Gasteiger partial charge in [0, 0.05) is 32.1 Å². The molecule has 2 unspecified atom stereocenters. The Morgan fingerprint density at radius 2 is 2.15 bits per heavy atom. The first-order valence-corrected chi connectivity index (χ1v) is 9.05. The van der Waals surface area contributed by atoms with Gasteiger partial charge in [-0.2, -0.15) is 13.2 Å². The number of rotatable bonds is 3. The largest absolute Gasteiger partial charge is 0.434 e. The number of morpholine rings is 1. The molecule has 2 aliphatic rings. The summed E-state index contributed by atoms with van der Waals surface area (Å²) < 4.78 is 49.3. The Kier molecular flexibility index (Phi) is 7.91. The van der Waals surface area contributed by atoms with Gasteiger partial charge in [0.1, 0.15) is 11.1 Å². The number of aromatic nitrogens is 1. The minimum atomic E-state index is -4.41. The minimum Gasteiger partial charge on any atom is -0.375 e. The van der Waals surface area contributed by atoms with Crippen LogP contribution >= 0.6 is 35.3 Å². The van der Waals surface area contributed by atoms with E-state index in [-0.39, 0.29) is 42.7 Å². The van der Waals surface area contributed by atoms with E-state index < -0.39 is 11.9 Å². The molecule has 2 aliphatic heterocycles. The smallest absolute Gasteiger partial charge is 0.375 e. The van der Waals surface area contributed by atoms with E-state index in [0.717, 1.165) is 36.2 Å². The second-order valence-corrected chi connectivity index (χ2v) is 6.87. The van der Waals surface area contributed by atoms with E-state index >= 15 is 0 Å². The van der Waals surface area contributed by atoms with Gasteiger partial charge in [0.15, 0.2) is 11.7 Å². The number of thiazole rings is 1. The van der Waals surface area contributed by atoms with Crippen LogP contribution in [0.3, 0.4) is 0 Å². The first-order chi connectivity index (χ1) is 12.0. The lowest BCUT2D eigenvalue weighted by Crippen LogP contribution is -2.53. The lowest BCUT2D eigenvalue weighted by molar-refractivity contribution is -0.140. The van der Waals surface area contributed by atoms with E-state index in [0.29, 0.717) is 30.7 Å². The fourth-order valence-corrected chi connectivity index (χ4v) is 3.74. The molecule has 1 N–H and O–H groups in total. The molecule has 0 amide bonds. The molecule has 3 heterocycles. The zero-order valence-electron chi connectivity index (χ0n) is 14.3. The molecule has 0 bridgehead atoms. The van der Waals surface area contributed by atoms with Crippen LogP contribution in [0.15, 0.2) is 10.4 Å². The summed E-state index contributed by atoms with van der Waals surface area (Å²) in [7, 11) is 1.65. The quantitative estimate of drug-likeness (QED) is 0.389. The first-order valence-electron chi connectivity index (χ1n) is 8.18. The normalized spacial score (nSPS) is 24.5. The standard InChI is InChI=1S/C15H21F3N4O2S.HI/c1-19-14(20-7-13-21-12(9-25-13)15(16,17)18)22-4-6-24-11(8-22)10-3-2-5-23-10;/h9-11H,2-8H2,1H3,(H,19,20);1H. The highest BCUT2D eigenvalue weighted by molar-refractivity contribution is 14.0. The average molecular weight is 506 g/mol. The summed E-state index contributed by atoms with van der Waals surface area (Å²) in [6.07, 6.45) is -2.28. The number of alkyl halides is 3. The van der Waals surface area contributed by atoms with Crippen molar-refractivity contribution < 1.29 is 22.6 Å². The molecule has 2 fully saturated rings. The highest BCUT2D eigenvalue weighted by Crippen LogP contribution is 2.30. The Labute approximate surface area is 171 Å². The fraction of sp³-hybridized carbons (Fsp3) is 0.733. The number of nitrogens with zero attached hydrogens (tertiary/aromatic N) is 3. The Bertz CT molecular complexity index is 608. The van der Waals surface area contributed by atoms with E-state index in [2.05, 4.69) is 15.3 Å². The Morgan fingerprint density at radius 3 is 2.77 bits per heavy atom. The molecule has 148 valence electrons. The van der Waals surface area contributed by atoms with Crippen LogP contribution in [0.25, 0.3) is 0 Å². The van der Waals surface area contributed by atoms with Gasteiger partial charge in [0.25, 0.3) is 0 Å². The third kappa shape index (κ3) is 5.42. The van der Waals surface area contributed by atoms with Gasteiger partial charge in [0.05, 0.1) is 19.3 Å². The van der Waals surface area contributed by atoms with Crippen LogP contribution in [0, 0.1) is 0 Å². The molecule has 1 aromatic rings. The van der Waals surface area contributed by atoms with Gasteiger partial charge in [-0.3, -0.25) is 4.99 Å². The molecule has 0 saturated carbocycles. The van der Waals surface area contributed by atoms with Crippen molar-refractivity contribution in [3.63, 3.8) is 0 Å². The molecular formula is C15H22F3IN4O2S. The van der Waals surface area contributed by atoms with Crippen molar-refractivity contribution in [2.45, 2.75) is 37.8 Å². The topological polar surface area (TPSA) is 59.0 Å². The number of aliphatic imine (C=N–C) groups is 1. The van der Waals surface area contributed by atoms with Crippen LogP contribution in [0.1, 0.15) is 23.5 Å². The monoisotopic (exact) mass is 506 g/mol. The maximum Gasteiger partial charge on any atom is 0.434 e. The van der Waals surface area contributed by atoms with E-state index in [4.69, 9.17) is 9.47 Å². The van der Waals surface area contributed by atoms with Crippen LogP contribution in [0.4, 0.5) is 13.2 Å². The van der Waals surface area contributed by atoms with E-state index in [1.54, 1.807) is 7.05 Å². The molecule has 26 heavy (non-hydrogen) atoms. The van der Waals surface area contributed by atoms with Crippen molar-refractivity contribution in [1.29, 1.82) is 0 Å². The van der Waals surface area contributed by atoms with Crippen molar-refractivity contribution in [1.82, 2.24) is 15.2 Å². The summed E-state index contributed by atoms with van der Waals surface area (Å²) in [5, 5.41) is 4.49. The van der Waals surface area contributed by atoms with Gasteiger partial charge in [-0.1, -0.05) is 0 Å². The predicted octanol–water partition coefficient (Wildman–Crippen LogP) is 2.74. The second-order valence-electron chi connectivity index (χ2n) is 5.93. The number of nitrogens with one attached hydrogen (secondary N) is 1. The highest BCUT2D eigenvalue weighted by atomic mass is 127. The van der Waals surface area contributed by atoms with Gasteiger partial charge < -0.3 is 19.7 Å². The minimum absolute atomic E-state index is 0. The van der Waals surface area contributed by atoms with Crippen molar-refractivity contribution in [3.8, 4) is 0 Å². The number of hydrogen-bond acceptors (Lipinski definition) is 5. The molecule has 11 heteroatoms. The molecule has 2 saturated heterocycles. The zero-order chi connectivity index (χ0) is 17.9. The van der Waals surface area contributed by atoms with Gasteiger partial charge in [-0.25, -0.2) is 4.98 Å². The summed E-state index contributed by atoms with van der Waals surface area (Å²) in [4.78, 5) is 9.91. The first kappa shape index (κ1) is 21.6. The van der Waals surface area contributed by atoms with E-state index in [1.807, 2.05) is 4.90 Å². The SMILES string of the molecule is CN=C(NCc1nc(C(F)(F)F)cs1)N1CCOC(C2CCCO2)C1.I. The van der Waals surface area contributed by atoms with Crippen LogP contribution in [0.5, 0.6) is 0 Å². The number of hydrogen-bond donors (Lipinski definition) is 1. The lowest BCUT2D eigenvalue weighted by Gasteiger charge is -2.37. The second kappa shape index (κ2) is 9.51. The molecule has 3 rings (SSSR count). The summed E-state index contributed by atoms with van der Waals surface area (Å²) in [6.45, 7) is 2.86. The third-order valence-electron chi connectivity index (χ3n) is 4.22. The van der Waals surface area contributed by atoms with Crippen molar-refractivity contribution in [2.75, 3.05) is 33.4 Å². The van der Waals surface area contributed by atoms with E-state index in [9.17, 15) is 13.2 Å². The predicted molar refractivity (Wildman–Crippen MR) is 103 cm³/mol. The van der Waals surface area contributed by atoms with Crippen LogP contribution in [0.2, 0.25) is 0 Å². The number of halogens is 4. The summed E-state index contributed by atoms with van der Waals surface area (Å²) >= 11 is 0.985. The maximum absolute atomic E-state index is 12.6. The van der Waals surface area contributed by atoms with Crippen LogP contribution in [-0.4, -0.2) is 61.4 Å². The zero-order valence-corrected chi connectivity index (χ0v) is 17.4. The summed E-state index contributed by atoms with van der Waals surface area (Å²) in [5.41, 5.74) is -0.853. The third-order valence-corrected chi connectivity index (χ3v) is 5.07.